The average molecular weight is 399 g/mol. The van der Waals surface area contributed by atoms with E-state index in [4.69, 9.17) is 9.15 Å². The highest BCUT2D eigenvalue weighted by Gasteiger charge is 2.15. The summed E-state index contributed by atoms with van der Waals surface area (Å²) < 4.78 is 10.8. The molecule has 0 saturated carbocycles. The van der Waals surface area contributed by atoms with Gasteiger partial charge in [0, 0.05) is 26.4 Å². The molecule has 3 rings (SSSR count). The molecule has 7 nitrogen and oxygen atoms in total. The number of amides is 1. The van der Waals surface area contributed by atoms with Crippen molar-refractivity contribution < 1.29 is 18.7 Å². The van der Waals surface area contributed by atoms with Crippen molar-refractivity contribution in [3.8, 4) is 16.5 Å². The Morgan fingerprint density at radius 1 is 1.21 bits per heavy atom. The molecule has 0 spiro atoms. The summed E-state index contributed by atoms with van der Waals surface area (Å²) in [7, 11) is 3.37. The molecule has 3 aromatic rings. The molecule has 0 unspecified atom stereocenters. The van der Waals surface area contributed by atoms with Gasteiger partial charge in [0.2, 0.25) is 11.8 Å². The Bertz CT molecular complexity index is 979. The van der Waals surface area contributed by atoms with Crippen molar-refractivity contribution in [2.45, 2.75) is 26.3 Å². The van der Waals surface area contributed by atoms with Crippen molar-refractivity contribution in [2.75, 3.05) is 14.2 Å². The lowest BCUT2D eigenvalue weighted by Crippen LogP contribution is -2.26. The van der Waals surface area contributed by atoms with Crippen LogP contribution in [-0.4, -0.2) is 40.9 Å². The molecule has 146 valence electrons. The Kier molecular flexibility index (Phi) is 6.20. The molecule has 1 amide bonds. The standard InChI is InChI=1S/C20H21N3O4S/c1-13(24)16-7-8-17(28-16)20-22-21-18(27-20)9-10-19(25)23(2)12-14-5-4-6-15(11-14)26-3/h4-8,11H,9-10,12H2,1-3H3. The first-order valence-electron chi connectivity index (χ1n) is 8.76. The van der Waals surface area contributed by atoms with Gasteiger partial charge in [-0.15, -0.1) is 21.5 Å². The lowest BCUT2D eigenvalue weighted by atomic mass is 10.2. The zero-order chi connectivity index (χ0) is 20.1. The molecule has 0 saturated heterocycles. The van der Waals surface area contributed by atoms with Gasteiger partial charge < -0.3 is 14.1 Å². The van der Waals surface area contributed by atoms with Crippen molar-refractivity contribution >= 4 is 23.0 Å². The summed E-state index contributed by atoms with van der Waals surface area (Å²) in [5.74, 6) is 1.51. The maximum atomic E-state index is 12.4. The number of rotatable bonds is 8. The molecule has 0 fully saturated rings. The van der Waals surface area contributed by atoms with Crippen molar-refractivity contribution in [2.24, 2.45) is 0 Å². The zero-order valence-electron chi connectivity index (χ0n) is 16.0. The van der Waals surface area contributed by atoms with Crippen LogP contribution in [0.25, 0.3) is 10.8 Å². The van der Waals surface area contributed by atoms with Gasteiger partial charge in [-0.1, -0.05) is 12.1 Å². The first-order valence-corrected chi connectivity index (χ1v) is 9.58. The van der Waals surface area contributed by atoms with Crippen molar-refractivity contribution in [1.82, 2.24) is 15.1 Å². The minimum absolute atomic E-state index is 0.000610. The average Bonchev–Trinajstić information content (AvgIpc) is 3.35. The quantitative estimate of drug-likeness (QED) is 0.538. The van der Waals surface area contributed by atoms with Crippen molar-refractivity contribution in [3.05, 3.63) is 52.7 Å². The molecule has 0 N–H and O–H groups in total. The summed E-state index contributed by atoms with van der Waals surface area (Å²) in [5.41, 5.74) is 0.995. The smallest absolute Gasteiger partial charge is 0.257 e. The van der Waals surface area contributed by atoms with E-state index in [2.05, 4.69) is 10.2 Å². The van der Waals surface area contributed by atoms with E-state index in [1.807, 2.05) is 24.3 Å². The number of ketones is 1. The molecule has 0 aliphatic rings. The second kappa shape index (κ2) is 8.79. The summed E-state index contributed by atoms with van der Waals surface area (Å²) in [6.07, 6.45) is 0.629. The number of nitrogens with zero attached hydrogens (tertiary/aromatic N) is 3. The number of carbonyl (C=O) groups is 2. The van der Waals surface area contributed by atoms with E-state index >= 15 is 0 Å². The van der Waals surface area contributed by atoms with Crippen molar-refractivity contribution in [3.63, 3.8) is 0 Å². The summed E-state index contributed by atoms with van der Waals surface area (Å²) in [4.78, 5) is 26.8. The van der Waals surface area contributed by atoms with Gasteiger partial charge in [-0.25, -0.2) is 0 Å². The van der Waals surface area contributed by atoms with E-state index in [1.54, 1.807) is 31.2 Å². The molecule has 8 heteroatoms. The third-order valence-electron chi connectivity index (χ3n) is 4.16. The Hall–Kier alpha value is -3.00. The van der Waals surface area contributed by atoms with Crippen LogP contribution in [0.15, 0.2) is 40.8 Å². The molecule has 0 radical (unpaired) electrons. The number of carbonyl (C=O) groups excluding carboxylic acids is 2. The molecular weight excluding hydrogens is 378 g/mol. The Morgan fingerprint density at radius 3 is 2.75 bits per heavy atom. The fourth-order valence-corrected chi connectivity index (χ4v) is 3.46. The molecule has 0 aliphatic carbocycles. The molecule has 2 heterocycles. The minimum Gasteiger partial charge on any atom is -0.497 e. The van der Waals surface area contributed by atoms with Gasteiger partial charge >= 0.3 is 0 Å². The van der Waals surface area contributed by atoms with Crippen LogP contribution in [0.5, 0.6) is 5.75 Å². The van der Waals surface area contributed by atoms with Gasteiger partial charge in [0.1, 0.15) is 5.75 Å². The van der Waals surface area contributed by atoms with E-state index in [-0.39, 0.29) is 18.1 Å². The third kappa shape index (κ3) is 4.83. The first kappa shape index (κ1) is 19.8. The molecule has 28 heavy (non-hydrogen) atoms. The fourth-order valence-electron chi connectivity index (χ4n) is 2.63. The van der Waals surface area contributed by atoms with Gasteiger partial charge in [0.05, 0.1) is 16.9 Å². The van der Waals surface area contributed by atoms with E-state index < -0.39 is 0 Å². The maximum absolute atomic E-state index is 12.4. The van der Waals surface area contributed by atoms with Crippen LogP contribution < -0.4 is 4.74 Å². The van der Waals surface area contributed by atoms with Crippen LogP contribution in [0.4, 0.5) is 0 Å². The normalized spacial score (nSPS) is 10.7. The predicted octanol–water partition coefficient (Wildman–Crippen LogP) is 3.60. The second-order valence-corrected chi connectivity index (χ2v) is 7.41. The molecule has 2 aromatic heterocycles. The number of hydrogen-bond acceptors (Lipinski definition) is 7. The van der Waals surface area contributed by atoms with E-state index in [9.17, 15) is 9.59 Å². The predicted molar refractivity (Wildman–Crippen MR) is 105 cm³/mol. The van der Waals surface area contributed by atoms with E-state index in [0.717, 1.165) is 16.2 Å². The summed E-state index contributed by atoms with van der Waals surface area (Å²) in [6.45, 7) is 2.01. The van der Waals surface area contributed by atoms with Gasteiger partial charge in [0.25, 0.3) is 5.89 Å². The summed E-state index contributed by atoms with van der Waals surface area (Å²) in [5, 5.41) is 8.01. The zero-order valence-corrected chi connectivity index (χ0v) is 16.8. The lowest BCUT2D eigenvalue weighted by molar-refractivity contribution is -0.130. The van der Waals surface area contributed by atoms with Crippen LogP contribution >= 0.6 is 11.3 Å². The molecule has 0 bridgehead atoms. The van der Waals surface area contributed by atoms with E-state index in [1.165, 1.54) is 18.3 Å². The van der Waals surface area contributed by atoms with Crippen LogP contribution in [0.3, 0.4) is 0 Å². The minimum atomic E-state index is -0.0161. The third-order valence-corrected chi connectivity index (χ3v) is 5.34. The Labute approximate surface area is 167 Å². The van der Waals surface area contributed by atoms with Gasteiger partial charge in [0.15, 0.2) is 5.78 Å². The van der Waals surface area contributed by atoms with E-state index in [0.29, 0.717) is 29.6 Å². The number of aryl methyl sites for hydroxylation is 1. The number of ether oxygens (including phenoxy) is 1. The highest BCUT2D eigenvalue weighted by Crippen LogP contribution is 2.27. The van der Waals surface area contributed by atoms with Gasteiger partial charge in [-0.05, 0) is 36.8 Å². The fraction of sp³-hybridized carbons (Fsp3) is 0.300. The first-order chi connectivity index (χ1) is 13.5. The number of methoxy groups -OCH3 is 1. The second-order valence-electron chi connectivity index (χ2n) is 6.32. The van der Waals surface area contributed by atoms with Crippen LogP contribution in [0, 0.1) is 0 Å². The lowest BCUT2D eigenvalue weighted by Gasteiger charge is -2.17. The van der Waals surface area contributed by atoms with Crippen molar-refractivity contribution in [1.29, 1.82) is 0 Å². The van der Waals surface area contributed by atoms with Crippen LogP contribution in [0.1, 0.15) is 34.5 Å². The molecule has 0 atom stereocenters. The number of hydrogen-bond donors (Lipinski definition) is 0. The number of aromatic nitrogens is 2. The summed E-state index contributed by atoms with van der Waals surface area (Å²) in [6, 6.07) is 11.1. The molecular formula is C20H21N3O4S. The number of Topliss-reactive ketones (excluding diaryl/α,β-unsaturated/α-hetero) is 1. The largest absolute Gasteiger partial charge is 0.497 e. The van der Waals surface area contributed by atoms with Crippen LogP contribution in [-0.2, 0) is 17.8 Å². The van der Waals surface area contributed by atoms with Crippen LogP contribution in [0.2, 0.25) is 0 Å². The number of thiophene rings is 1. The summed E-state index contributed by atoms with van der Waals surface area (Å²) >= 11 is 1.31. The monoisotopic (exact) mass is 399 g/mol. The van der Waals surface area contributed by atoms with Gasteiger partial charge in [-0.2, -0.15) is 0 Å². The Balaban J connectivity index is 1.55. The highest BCUT2D eigenvalue weighted by atomic mass is 32.1. The molecule has 0 aliphatic heterocycles. The molecule has 1 aromatic carbocycles. The van der Waals surface area contributed by atoms with Gasteiger partial charge in [-0.3, -0.25) is 9.59 Å². The SMILES string of the molecule is COc1cccc(CN(C)C(=O)CCc2nnc(-c3ccc(C(C)=O)s3)o2)c1. The Morgan fingerprint density at radius 2 is 2.04 bits per heavy atom. The number of benzene rings is 1. The highest BCUT2D eigenvalue weighted by molar-refractivity contribution is 7.17. The topological polar surface area (TPSA) is 85.5 Å². The maximum Gasteiger partial charge on any atom is 0.257 e.